The number of phenols is 1. The van der Waals surface area contributed by atoms with Crippen molar-refractivity contribution in [2.75, 3.05) is 19.6 Å². The number of nitrogens with zero attached hydrogens (tertiary/aromatic N) is 1. The van der Waals surface area contributed by atoms with Crippen molar-refractivity contribution < 1.29 is 9.90 Å². The van der Waals surface area contributed by atoms with Gasteiger partial charge in [-0.15, -0.1) is 24.0 Å². The Balaban J connectivity index is 0.00000338. The number of aromatic hydroxyl groups is 1. The third-order valence-electron chi connectivity index (χ3n) is 4.29. The lowest BCUT2D eigenvalue weighted by Gasteiger charge is -2.24. The molecule has 0 bridgehead atoms. The summed E-state index contributed by atoms with van der Waals surface area (Å²) in [5.41, 5.74) is 0.468. The lowest BCUT2D eigenvalue weighted by Crippen LogP contribution is -2.44. The number of carbonyl (C=O) groups is 1. The summed E-state index contributed by atoms with van der Waals surface area (Å²) < 4.78 is 0. The van der Waals surface area contributed by atoms with Gasteiger partial charge in [0.1, 0.15) is 5.75 Å². The average Bonchev–Trinajstić information content (AvgIpc) is 2.62. The van der Waals surface area contributed by atoms with Crippen LogP contribution in [0.3, 0.4) is 0 Å². The average molecular weight is 474 g/mol. The van der Waals surface area contributed by atoms with Gasteiger partial charge in [-0.1, -0.05) is 25.3 Å². The van der Waals surface area contributed by atoms with E-state index in [1.165, 1.54) is 38.2 Å². The standard InChI is InChI=1S/C19H30N4O2.HI/c1-2-20-19(23-16-9-4-3-5-10-16)22-13-7-12-21-18(25)15-8-6-11-17(24)14-15;/h6,8,11,14,16,24H,2-5,7,9-10,12-13H2,1H3,(H,21,25)(H2,20,22,23);1H. The molecular formula is C19H31IN4O2. The van der Waals surface area contributed by atoms with Crippen molar-refractivity contribution in [2.45, 2.75) is 51.5 Å². The Hall–Kier alpha value is -1.51. The zero-order chi connectivity index (χ0) is 17.9. The minimum absolute atomic E-state index is 0. The van der Waals surface area contributed by atoms with E-state index in [0.717, 1.165) is 18.9 Å². The van der Waals surface area contributed by atoms with E-state index in [0.29, 0.717) is 24.7 Å². The molecule has 4 N–H and O–H groups in total. The highest BCUT2D eigenvalue weighted by atomic mass is 127. The van der Waals surface area contributed by atoms with Gasteiger partial charge in [-0.2, -0.15) is 0 Å². The van der Waals surface area contributed by atoms with Crippen molar-refractivity contribution in [3.63, 3.8) is 0 Å². The Morgan fingerprint density at radius 2 is 2.00 bits per heavy atom. The molecule has 0 atom stereocenters. The fourth-order valence-corrected chi connectivity index (χ4v) is 2.98. The Labute approximate surface area is 173 Å². The summed E-state index contributed by atoms with van der Waals surface area (Å²) in [6, 6.07) is 6.88. The number of carbonyl (C=O) groups excluding carboxylic acids is 1. The summed E-state index contributed by atoms with van der Waals surface area (Å²) >= 11 is 0. The molecule has 26 heavy (non-hydrogen) atoms. The molecule has 1 aliphatic carbocycles. The van der Waals surface area contributed by atoms with Gasteiger partial charge in [0.05, 0.1) is 0 Å². The molecule has 1 aliphatic rings. The minimum atomic E-state index is -0.174. The molecule has 146 valence electrons. The SMILES string of the molecule is CCNC(=NCCCNC(=O)c1cccc(O)c1)NC1CCCCC1.I. The minimum Gasteiger partial charge on any atom is -0.508 e. The molecule has 1 fully saturated rings. The summed E-state index contributed by atoms with van der Waals surface area (Å²) in [7, 11) is 0. The molecule has 7 heteroatoms. The fourth-order valence-electron chi connectivity index (χ4n) is 2.98. The van der Waals surface area contributed by atoms with Gasteiger partial charge < -0.3 is 21.1 Å². The lowest BCUT2D eigenvalue weighted by molar-refractivity contribution is 0.0953. The van der Waals surface area contributed by atoms with Crippen LogP contribution in [0.25, 0.3) is 0 Å². The zero-order valence-corrected chi connectivity index (χ0v) is 17.8. The number of benzene rings is 1. The molecule has 0 aromatic heterocycles. The lowest BCUT2D eigenvalue weighted by atomic mass is 9.96. The van der Waals surface area contributed by atoms with Crippen LogP contribution >= 0.6 is 24.0 Å². The molecule has 2 rings (SSSR count). The van der Waals surface area contributed by atoms with E-state index in [1.54, 1.807) is 18.2 Å². The summed E-state index contributed by atoms with van der Waals surface area (Å²) in [6.45, 7) is 4.11. The normalized spacial score (nSPS) is 15.0. The van der Waals surface area contributed by atoms with Gasteiger partial charge in [-0.3, -0.25) is 9.79 Å². The van der Waals surface area contributed by atoms with Gasteiger partial charge in [0, 0.05) is 31.2 Å². The van der Waals surface area contributed by atoms with Crippen LogP contribution in [0.4, 0.5) is 0 Å². The largest absolute Gasteiger partial charge is 0.508 e. The highest BCUT2D eigenvalue weighted by Crippen LogP contribution is 2.17. The Kier molecular flexibility index (Phi) is 11.1. The van der Waals surface area contributed by atoms with Gasteiger partial charge in [-0.05, 0) is 44.4 Å². The number of hydrogen-bond acceptors (Lipinski definition) is 3. The van der Waals surface area contributed by atoms with Gasteiger partial charge in [0.25, 0.3) is 5.91 Å². The molecule has 1 aromatic rings. The van der Waals surface area contributed by atoms with Crippen LogP contribution in [0.2, 0.25) is 0 Å². The summed E-state index contributed by atoms with van der Waals surface area (Å²) in [4.78, 5) is 16.6. The quantitative estimate of drug-likeness (QED) is 0.212. The van der Waals surface area contributed by atoms with E-state index >= 15 is 0 Å². The molecule has 0 aliphatic heterocycles. The van der Waals surface area contributed by atoms with Crippen LogP contribution in [0.5, 0.6) is 5.75 Å². The summed E-state index contributed by atoms with van der Waals surface area (Å²) in [6.07, 6.45) is 7.11. The van der Waals surface area contributed by atoms with E-state index in [4.69, 9.17) is 0 Å². The number of rotatable bonds is 7. The van der Waals surface area contributed by atoms with Crippen molar-refractivity contribution in [3.05, 3.63) is 29.8 Å². The van der Waals surface area contributed by atoms with E-state index in [2.05, 4.69) is 27.9 Å². The molecule has 0 heterocycles. The van der Waals surface area contributed by atoms with Gasteiger partial charge in [0.15, 0.2) is 5.96 Å². The van der Waals surface area contributed by atoms with Crippen LogP contribution in [-0.2, 0) is 0 Å². The first kappa shape index (κ1) is 22.5. The van der Waals surface area contributed by atoms with E-state index in [-0.39, 0.29) is 35.6 Å². The van der Waals surface area contributed by atoms with E-state index in [9.17, 15) is 9.90 Å². The van der Waals surface area contributed by atoms with Crippen LogP contribution in [0.1, 0.15) is 55.8 Å². The third kappa shape index (κ3) is 8.25. The highest BCUT2D eigenvalue weighted by Gasteiger charge is 2.14. The van der Waals surface area contributed by atoms with Gasteiger partial charge in [-0.25, -0.2) is 0 Å². The Morgan fingerprint density at radius 3 is 2.69 bits per heavy atom. The number of phenolic OH excluding ortho intramolecular Hbond substituents is 1. The third-order valence-corrected chi connectivity index (χ3v) is 4.29. The Bertz CT molecular complexity index is 574. The zero-order valence-electron chi connectivity index (χ0n) is 15.5. The van der Waals surface area contributed by atoms with Crippen molar-refractivity contribution in [1.29, 1.82) is 0 Å². The number of hydrogen-bond donors (Lipinski definition) is 4. The monoisotopic (exact) mass is 474 g/mol. The fraction of sp³-hybridized carbons (Fsp3) is 0.579. The highest BCUT2D eigenvalue weighted by molar-refractivity contribution is 14.0. The van der Waals surface area contributed by atoms with Crippen LogP contribution in [0, 0.1) is 0 Å². The molecule has 1 amide bonds. The van der Waals surface area contributed by atoms with Crippen LogP contribution in [-0.4, -0.2) is 42.6 Å². The van der Waals surface area contributed by atoms with Crippen molar-refractivity contribution >= 4 is 35.8 Å². The topological polar surface area (TPSA) is 85.8 Å². The number of amides is 1. The first-order valence-corrected chi connectivity index (χ1v) is 9.31. The molecular weight excluding hydrogens is 443 g/mol. The second-order valence-corrected chi connectivity index (χ2v) is 6.40. The molecule has 6 nitrogen and oxygen atoms in total. The van der Waals surface area contributed by atoms with Crippen molar-refractivity contribution in [3.8, 4) is 5.75 Å². The first-order chi connectivity index (χ1) is 12.2. The maximum atomic E-state index is 12.0. The predicted octanol–water partition coefficient (Wildman–Crippen LogP) is 3.02. The van der Waals surface area contributed by atoms with Crippen molar-refractivity contribution in [1.82, 2.24) is 16.0 Å². The molecule has 0 spiro atoms. The predicted molar refractivity (Wildman–Crippen MR) is 116 cm³/mol. The van der Waals surface area contributed by atoms with Crippen molar-refractivity contribution in [2.24, 2.45) is 4.99 Å². The van der Waals surface area contributed by atoms with E-state index < -0.39 is 0 Å². The molecule has 1 saturated carbocycles. The number of nitrogens with one attached hydrogen (secondary N) is 3. The maximum Gasteiger partial charge on any atom is 0.251 e. The molecule has 0 radical (unpaired) electrons. The van der Waals surface area contributed by atoms with Gasteiger partial charge >= 0.3 is 0 Å². The summed E-state index contributed by atoms with van der Waals surface area (Å²) in [5, 5.41) is 19.1. The van der Waals surface area contributed by atoms with Gasteiger partial charge in [0.2, 0.25) is 0 Å². The second kappa shape index (κ2) is 12.8. The number of guanidine groups is 1. The molecule has 0 saturated heterocycles. The first-order valence-electron chi connectivity index (χ1n) is 9.31. The maximum absolute atomic E-state index is 12.0. The number of halogens is 1. The second-order valence-electron chi connectivity index (χ2n) is 6.40. The Morgan fingerprint density at radius 1 is 1.23 bits per heavy atom. The smallest absolute Gasteiger partial charge is 0.251 e. The molecule has 1 aromatic carbocycles. The van der Waals surface area contributed by atoms with Crippen LogP contribution < -0.4 is 16.0 Å². The number of aliphatic imine (C=N–C) groups is 1. The van der Waals surface area contributed by atoms with E-state index in [1.807, 2.05) is 0 Å². The van der Waals surface area contributed by atoms with Crippen LogP contribution in [0.15, 0.2) is 29.3 Å². The molecule has 0 unspecified atom stereocenters. The summed E-state index contributed by atoms with van der Waals surface area (Å²) in [5.74, 6) is 0.794.